The van der Waals surface area contributed by atoms with Crippen molar-refractivity contribution in [3.63, 3.8) is 0 Å². The predicted molar refractivity (Wildman–Crippen MR) is 97.9 cm³/mol. The number of hydrogen-bond donors (Lipinski definition) is 0. The van der Waals surface area contributed by atoms with E-state index >= 15 is 0 Å². The molecule has 0 bridgehead atoms. The van der Waals surface area contributed by atoms with Crippen LogP contribution in [0.3, 0.4) is 0 Å². The highest BCUT2D eigenvalue weighted by Crippen LogP contribution is 2.33. The van der Waals surface area contributed by atoms with Gasteiger partial charge in [-0.05, 0) is 42.9 Å². The maximum atomic E-state index is 12.7. The second-order valence-electron chi connectivity index (χ2n) is 7.20. The number of aromatic nitrogens is 3. The molecule has 7 nitrogen and oxygen atoms in total. The predicted octanol–water partition coefficient (Wildman–Crippen LogP) is 2.76. The zero-order chi connectivity index (χ0) is 18.6. The van der Waals surface area contributed by atoms with Gasteiger partial charge in [0.2, 0.25) is 15.9 Å². The van der Waals surface area contributed by atoms with Crippen molar-refractivity contribution in [1.82, 2.24) is 19.4 Å². The minimum absolute atomic E-state index is 0.0844. The molecule has 142 valence electrons. The van der Waals surface area contributed by atoms with Crippen molar-refractivity contribution in [1.29, 1.82) is 0 Å². The molecule has 0 saturated carbocycles. The van der Waals surface area contributed by atoms with E-state index in [1.165, 1.54) is 0 Å². The van der Waals surface area contributed by atoms with Crippen molar-refractivity contribution in [2.45, 2.75) is 52.0 Å². The lowest BCUT2D eigenvalue weighted by Crippen LogP contribution is -2.40. The first-order valence-corrected chi connectivity index (χ1v) is 10.8. The first kappa shape index (κ1) is 19.0. The molecule has 3 heterocycles. The summed E-state index contributed by atoms with van der Waals surface area (Å²) in [6, 6.07) is 3.58. The van der Waals surface area contributed by atoms with Crippen molar-refractivity contribution < 1.29 is 12.9 Å². The lowest BCUT2D eigenvalue weighted by Gasteiger charge is -2.32. The number of sulfonamides is 1. The Morgan fingerprint density at radius 2 is 2.00 bits per heavy atom. The molecule has 1 saturated heterocycles. The summed E-state index contributed by atoms with van der Waals surface area (Å²) >= 11 is 0. The molecule has 2 aromatic rings. The van der Waals surface area contributed by atoms with Crippen LogP contribution in [0.5, 0.6) is 0 Å². The van der Waals surface area contributed by atoms with Gasteiger partial charge in [-0.25, -0.2) is 8.42 Å². The second-order valence-corrected chi connectivity index (χ2v) is 9.17. The Hall–Kier alpha value is -1.80. The van der Waals surface area contributed by atoms with Crippen LogP contribution in [0.2, 0.25) is 0 Å². The molecule has 1 fully saturated rings. The zero-order valence-electron chi connectivity index (χ0n) is 15.3. The van der Waals surface area contributed by atoms with Gasteiger partial charge in [-0.1, -0.05) is 25.4 Å². The molecular formula is C18H26N4O3S. The Morgan fingerprint density at radius 1 is 1.23 bits per heavy atom. The third kappa shape index (κ3) is 4.67. The van der Waals surface area contributed by atoms with E-state index in [2.05, 4.69) is 15.1 Å². The summed E-state index contributed by atoms with van der Waals surface area (Å²) in [7, 11) is -3.33. The molecule has 1 atom stereocenters. The standard InChI is InChI=1S/C18H26N4O3S/c1-14(2)13-26(23,24)22-12-4-3-5-16(22)18-20-17(21-25-18)7-6-15-8-10-19-11-9-15/h8-11,14,16H,3-7,12-13H2,1-2H3/t16-/m0/s1. The lowest BCUT2D eigenvalue weighted by molar-refractivity contribution is 0.204. The fourth-order valence-electron chi connectivity index (χ4n) is 3.31. The van der Waals surface area contributed by atoms with Gasteiger partial charge in [-0.15, -0.1) is 0 Å². The van der Waals surface area contributed by atoms with Gasteiger partial charge in [0.1, 0.15) is 6.04 Å². The largest absolute Gasteiger partial charge is 0.338 e. The van der Waals surface area contributed by atoms with E-state index in [4.69, 9.17) is 4.52 Å². The average molecular weight is 378 g/mol. The number of hydrogen-bond acceptors (Lipinski definition) is 6. The number of nitrogens with zero attached hydrogens (tertiary/aromatic N) is 4. The summed E-state index contributed by atoms with van der Waals surface area (Å²) in [5.74, 6) is 1.26. The molecule has 1 aliphatic rings. The van der Waals surface area contributed by atoms with Gasteiger partial charge in [0, 0.05) is 25.4 Å². The Bertz CT molecular complexity index is 805. The quantitative estimate of drug-likeness (QED) is 0.736. The molecular weight excluding hydrogens is 352 g/mol. The highest BCUT2D eigenvalue weighted by Gasteiger charge is 2.36. The van der Waals surface area contributed by atoms with E-state index < -0.39 is 10.0 Å². The maximum Gasteiger partial charge on any atom is 0.245 e. The van der Waals surface area contributed by atoms with Crippen LogP contribution >= 0.6 is 0 Å². The summed E-state index contributed by atoms with van der Waals surface area (Å²) in [6.45, 7) is 4.36. The number of pyridine rings is 1. The van der Waals surface area contributed by atoms with Crippen LogP contribution < -0.4 is 0 Å². The summed E-state index contributed by atoms with van der Waals surface area (Å²) < 4.78 is 32.5. The number of rotatable bonds is 7. The van der Waals surface area contributed by atoms with Crippen LogP contribution in [-0.2, 0) is 22.9 Å². The molecule has 26 heavy (non-hydrogen) atoms. The summed E-state index contributed by atoms with van der Waals surface area (Å²) in [5.41, 5.74) is 1.16. The van der Waals surface area contributed by atoms with Crippen LogP contribution in [0.4, 0.5) is 0 Å². The van der Waals surface area contributed by atoms with Crippen LogP contribution in [0.25, 0.3) is 0 Å². The van der Waals surface area contributed by atoms with Crippen LogP contribution in [0, 0.1) is 5.92 Å². The molecule has 0 radical (unpaired) electrons. The number of aryl methyl sites for hydroxylation is 2. The first-order valence-electron chi connectivity index (χ1n) is 9.16. The smallest absolute Gasteiger partial charge is 0.245 e. The van der Waals surface area contributed by atoms with Gasteiger partial charge in [0.15, 0.2) is 5.82 Å². The van der Waals surface area contributed by atoms with E-state index in [-0.39, 0.29) is 17.7 Å². The van der Waals surface area contributed by atoms with Crippen molar-refractivity contribution in [2.75, 3.05) is 12.3 Å². The van der Waals surface area contributed by atoms with Gasteiger partial charge in [-0.2, -0.15) is 9.29 Å². The van der Waals surface area contributed by atoms with E-state index in [9.17, 15) is 8.42 Å². The van der Waals surface area contributed by atoms with Crippen LogP contribution in [0.1, 0.15) is 56.4 Å². The molecule has 0 aromatic carbocycles. The molecule has 0 aliphatic carbocycles. The summed E-state index contributed by atoms with van der Waals surface area (Å²) in [6.07, 6.45) is 7.53. The zero-order valence-corrected chi connectivity index (χ0v) is 16.2. The molecule has 0 amide bonds. The lowest BCUT2D eigenvalue weighted by atomic mass is 10.1. The molecule has 8 heteroatoms. The van der Waals surface area contributed by atoms with Gasteiger partial charge < -0.3 is 4.52 Å². The van der Waals surface area contributed by atoms with Crippen molar-refractivity contribution in [2.24, 2.45) is 5.92 Å². The summed E-state index contributed by atoms with van der Waals surface area (Å²) in [5, 5.41) is 4.06. The molecule has 3 rings (SSSR count). The van der Waals surface area contributed by atoms with Gasteiger partial charge >= 0.3 is 0 Å². The van der Waals surface area contributed by atoms with E-state index in [1.807, 2.05) is 26.0 Å². The molecule has 2 aromatic heterocycles. The van der Waals surface area contributed by atoms with Gasteiger partial charge in [0.25, 0.3) is 0 Å². The molecule has 0 N–H and O–H groups in total. The average Bonchev–Trinajstić information content (AvgIpc) is 3.09. The number of piperidine rings is 1. The van der Waals surface area contributed by atoms with Crippen molar-refractivity contribution in [3.05, 3.63) is 41.8 Å². The first-order chi connectivity index (χ1) is 12.5. The van der Waals surface area contributed by atoms with Gasteiger partial charge in [-0.3, -0.25) is 4.98 Å². The molecule has 1 aliphatic heterocycles. The third-order valence-electron chi connectivity index (χ3n) is 4.51. The van der Waals surface area contributed by atoms with Crippen LogP contribution in [-0.4, -0.2) is 40.1 Å². The SMILES string of the molecule is CC(C)CS(=O)(=O)N1CCCC[C@H]1c1nc(CCc2ccncc2)no1. The Morgan fingerprint density at radius 3 is 2.73 bits per heavy atom. The van der Waals surface area contributed by atoms with Gasteiger partial charge in [0.05, 0.1) is 5.75 Å². The van der Waals surface area contributed by atoms with E-state index in [1.54, 1.807) is 16.7 Å². The minimum Gasteiger partial charge on any atom is -0.338 e. The fraction of sp³-hybridized carbons (Fsp3) is 0.611. The second kappa shape index (κ2) is 8.26. The molecule has 0 unspecified atom stereocenters. The molecule has 0 spiro atoms. The normalized spacial score (nSPS) is 19.1. The maximum absolute atomic E-state index is 12.7. The summed E-state index contributed by atoms with van der Waals surface area (Å²) in [4.78, 5) is 8.50. The van der Waals surface area contributed by atoms with E-state index in [0.29, 0.717) is 24.7 Å². The highest BCUT2D eigenvalue weighted by molar-refractivity contribution is 7.89. The fourth-order valence-corrected chi connectivity index (χ4v) is 5.34. The Balaban J connectivity index is 1.71. The topological polar surface area (TPSA) is 89.2 Å². The van der Waals surface area contributed by atoms with Crippen molar-refractivity contribution in [3.8, 4) is 0 Å². The van der Waals surface area contributed by atoms with Crippen LogP contribution in [0.15, 0.2) is 29.0 Å². The van der Waals surface area contributed by atoms with E-state index in [0.717, 1.165) is 31.2 Å². The third-order valence-corrected chi connectivity index (χ3v) is 6.75. The Kier molecular flexibility index (Phi) is 6.03. The Labute approximate surface area is 154 Å². The highest BCUT2D eigenvalue weighted by atomic mass is 32.2. The minimum atomic E-state index is -3.33. The monoisotopic (exact) mass is 378 g/mol. The van der Waals surface area contributed by atoms with Crippen molar-refractivity contribution >= 4 is 10.0 Å².